The largest absolute Gasteiger partial charge is 0.462 e. The molecule has 3 aromatic heterocycles. The predicted molar refractivity (Wildman–Crippen MR) is 97.3 cm³/mol. The molecule has 30 heavy (non-hydrogen) atoms. The summed E-state index contributed by atoms with van der Waals surface area (Å²) in [5.74, 6) is -1.64. The Morgan fingerprint density at radius 1 is 1.23 bits per heavy atom. The molecule has 9 nitrogen and oxygen atoms in total. The smallest absolute Gasteiger partial charge is 0.417 e. The van der Waals surface area contributed by atoms with Crippen molar-refractivity contribution in [2.24, 2.45) is 0 Å². The highest BCUT2D eigenvalue weighted by Gasteiger charge is 2.32. The Balaban J connectivity index is 2.27. The molecule has 160 valence electrons. The Morgan fingerprint density at radius 3 is 2.53 bits per heavy atom. The highest BCUT2D eigenvalue weighted by atomic mass is 32.2. The summed E-state index contributed by atoms with van der Waals surface area (Å²) < 4.78 is 70.0. The summed E-state index contributed by atoms with van der Waals surface area (Å²) in [7, 11) is -3.99. The van der Waals surface area contributed by atoms with Gasteiger partial charge in [-0.05, 0) is 25.1 Å². The summed E-state index contributed by atoms with van der Waals surface area (Å²) in [5.41, 5.74) is -2.45. The van der Waals surface area contributed by atoms with E-state index in [0.717, 1.165) is 24.4 Å². The molecule has 0 atom stereocenters. The van der Waals surface area contributed by atoms with Crippen molar-refractivity contribution in [2.45, 2.75) is 24.9 Å². The van der Waals surface area contributed by atoms with Gasteiger partial charge in [0.05, 0.1) is 23.5 Å². The lowest BCUT2D eigenvalue weighted by molar-refractivity contribution is -0.137. The van der Waals surface area contributed by atoms with E-state index in [4.69, 9.17) is 4.74 Å². The fourth-order valence-electron chi connectivity index (χ4n) is 2.59. The minimum Gasteiger partial charge on any atom is -0.462 e. The van der Waals surface area contributed by atoms with Gasteiger partial charge in [0, 0.05) is 12.4 Å². The molecule has 0 aliphatic carbocycles. The van der Waals surface area contributed by atoms with E-state index in [9.17, 15) is 31.2 Å². The molecule has 0 aromatic carbocycles. The Labute approximate surface area is 167 Å². The average Bonchev–Trinajstić information content (AvgIpc) is 3.03. The number of sulfone groups is 1. The van der Waals surface area contributed by atoms with Gasteiger partial charge in [-0.1, -0.05) is 6.92 Å². The van der Waals surface area contributed by atoms with Crippen LogP contribution in [0.3, 0.4) is 0 Å². The molecule has 0 spiro atoms. The number of fused-ring (bicyclic) bond motifs is 1. The number of rotatable bonds is 5. The molecular formula is C17H15F3N4O5S. The molecule has 13 heteroatoms. The SMILES string of the molecule is CCOC(=O)c1cnc(-n2nc3ccc(C(F)(F)F)cn3c2=O)c(S(=O)(=O)CC)c1. The first kappa shape index (κ1) is 21.5. The van der Waals surface area contributed by atoms with E-state index in [1.807, 2.05) is 0 Å². The molecule has 0 radical (unpaired) electrons. The molecule has 3 rings (SSSR count). The summed E-state index contributed by atoms with van der Waals surface area (Å²) >= 11 is 0. The van der Waals surface area contributed by atoms with E-state index < -0.39 is 43.9 Å². The van der Waals surface area contributed by atoms with Gasteiger partial charge >= 0.3 is 17.8 Å². The predicted octanol–water partition coefficient (Wildman–Crippen LogP) is 1.87. The van der Waals surface area contributed by atoms with E-state index in [1.54, 1.807) is 6.92 Å². The summed E-state index contributed by atoms with van der Waals surface area (Å²) in [6.07, 6.45) is -3.13. The zero-order valence-corrected chi connectivity index (χ0v) is 16.5. The highest BCUT2D eigenvalue weighted by Crippen LogP contribution is 2.29. The minimum absolute atomic E-state index is 0.0455. The normalized spacial score (nSPS) is 12.3. The first-order chi connectivity index (χ1) is 14.0. The molecule has 0 saturated heterocycles. The van der Waals surface area contributed by atoms with Gasteiger partial charge in [0.1, 0.15) is 4.90 Å². The van der Waals surface area contributed by atoms with Gasteiger partial charge < -0.3 is 4.74 Å². The van der Waals surface area contributed by atoms with Crippen LogP contribution in [0, 0.1) is 0 Å². The molecule has 3 aromatic rings. The molecule has 3 heterocycles. The summed E-state index contributed by atoms with van der Waals surface area (Å²) in [4.78, 5) is 28.0. The van der Waals surface area contributed by atoms with E-state index >= 15 is 0 Å². The number of ether oxygens (including phenoxy) is 1. The summed E-state index contributed by atoms with van der Waals surface area (Å²) in [5, 5.41) is 3.88. The third-order valence-electron chi connectivity index (χ3n) is 4.10. The third kappa shape index (κ3) is 3.79. The van der Waals surface area contributed by atoms with Crippen LogP contribution in [0.1, 0.15) is 29.8 Å². The number of alkyl halides is 3. The van der Waals surface area contributed by atoms with E-state index in [0.29, 0.717) is 15.3 Å². The maximum Gasteiger partial charge on any atom is 0.417 e. The molecule has 0 aliphatic rings. The molecule has 0 unspecified atom stereocenters. The number of halogens is 3. The van der Waals surface area contributed by atoms with Crippen LogP contribution in [-0.2, 0) is 20.8 Å². The Morgan fingerprint density at radius 2 is 1.93 bits per heavy atom. The van der Waals surface area contributed by atoms with Crippen molar-refractivity contribution in [2.75, 3.05) is 12.4 Å². The molecule has 0 fully saturated rings. The van der Waals surface area contributed by atoms with Gasteiger partial charge in [0.25, 0.3) is 0 Å². The lowest BCUT2D eigenvalue weighted by Gasteiger charge is -2.09. The van der Waals surface area contributed by atoms with Crippen molar-refractivity contribution < 1.29 is 31.1 Å². The fourth-order valence-corrected chi connectivity index (χ4v) is 3.62. The number of pyridine rings is 2. The van der Waals surface area contributed by atoms with Gasteiger partial charge in [0.15, 0.2) is 21.3 Å². The first-order valence-electron chi connectivity index (χ1n) is 8.58. The van der Waals surface area contributed by atoms with Crippen molar-refractivity contribution >= 4 is 21.5 Å². The van der Waals surface area contributed by atoms with Gasteiger partial charge in [-0.25, -0.2) is 27.4 Å². The van der Waals surface area contributed by atoms with Crippen LogP contribution in [0.25, 0.3) is 11.5 Å². The Hall–Kier alpha value is -3.22. The van der Waals surface area contributed by atoms with Crippen molar-refractivity contribution in [1.82, 2.24) is 19.2 Å². The standard InChI is InChI=1S/C17H15F3N4O5S/c1-3-29-15(25)10-7-12(30(27,28)4-2)14(21-8-10)24-16(26)23-9-11(17(18,19)20)5-6-13(23)22-24/h5-9H,3-4H2,1-2H3. The zero-order valence-electron chi connectivity index (χ0n) is 15.7. The molecule has 0 N–H and O–H groups in total. The second-order valence-electron chi connectivity index (χ2n) is 6.01. The van der Waals surface area contributed by atoms with Crippen molar-refractivity contribution in [3.63, 3.8) is 0 Å². The number of aromatic nitrogens is 4. The topological polar surface area (TPSA) is 113 Å². The maximum atomic E-state index is 12.9. The quantitative estimate of drug-likeness (QED) is 0.552. The number of nitrogens with zero attached hydrogens (tertiary/aromatic N) is 4. The first-order valence-corrected chi connectivity index (χ1v) is 10.2. The second kappa shape index (κ2) is 7.55. The summed E-state index contributed by atoms with van der Waals surface area (Å²) in [6.45, 7) is 2.96. The van der Waals surface area contributed by atoms with Crippen LogP contribution in [0.2, 0.25) is 0 Å². The molecule has 0 amide bonds. The van der Waals surface area contributed by atoms with E-state index in [-0.39, 0.29) is 23.6 Å². The number of carbonyl (C=O) groups is 1. The van der Waals surface area contributed by atoms with Crippen LogP contribution in [0.5, 0.6) is 0 Å². The number of carbonyl (C=O) groups excluding carboxylic acids is 1. The van der Waals surface area contributed by atoms with Crippen LogP contribution < -0.4 is 5.69 Å². The van der Waals surface area contributed by atoms with Crippen LogP contribution in [-0.4, -0.2) is 45.9 Å². The van der Waals surface area contributed by atoms with Gasteiger partial charge in [-0.3, -0.25) is 0 Å². The van der Waals surface area contributed by atoms with Crippen LogP contribution >= 0.6 is 0 Å². The van der Waals surface area contributed by atoms with Gasteiger partial charge in [0.2, 0.25) is 0 Å². The van der Waals surface area contributed by atoms with Gasteiger partial charge in [-0.15, -0.1) is 5.10 Å². The third-order valence-corrected chi connectivity index (χ3v) is 5.83. The monoisotopic (exact) mass is 444 g/mol. The fraction of sp³-hybridized carbons (Fsp3) is 0.294. The average molecular weight is 444 g/mol. The number of hydrogen-bond acceptors (Lipinski definition) is 7. The molecule has 0 aliphatic heterocycles. The van der Waals surface area contributed by atoms with E-state index in [1.165, 1.54) is 6.92 Å². The lowest BCUT2D eigenvalue weighted by atomic mass is 10.3. The Kier molecular flexibility index (Phi) is 5.41. The number of esters is 1. The van der Waals surface area contributed by atoms with Crippen molar-refractivity contribution in [3.8, 4) is 5.82 Å². The lowest BCUT2D eigenvalue weighted by Crippen LogP contribution is -2.24. The van der Waals surface area contributed by atoms with Gasteiger partial charge in [-0.2, -0.15) is 17.9 Å². The van der Waals surface area contributed by atoms with Crippen molar-refractivity contribution in [3.05, 3.63) is 52.2 Å². The van der Waals surface area contributed by atoms with Crippen LogP contribution in [0.4, 0.5) is 13.2 Å². The molecule has 0 saturated carbocycles. The Bertz CT molecular complexity index is 1290. The highest BCUT2D eigenvalue weighted by molar-refractivity contribution is 7.91. The molecular weight excluding hydrogens is 429 g/mol. The summed E-state index contributed by atoms with van der Waals surface area (Å²) in [6, 6.07) is 2.71. The van der Waals surface area contributed by atoms with Crippen molar-refractivity contribution in [1.29, 1.82) is 0 Å². The second-order valence-corrected chi connectivity index (χ2v) is 8.25. The van der Waals surface area contributed by atoms with E-state index in [2.05, 4.69) is 10.1 Å². The minimum atomic E-state index is -4.69. The molecule has 0 bridgehead atoms. The van der Waals surface area contributed by atoms with Crippen LogP contribution in [0.15, 0.2) is 40.3 Å². The number of hydrogen-bond donors (Lipinski definition) is 0. The maximum absolute atomic E-state index is 12.9. The zero-order chi connectivity index (χ0) is 22.3.